The number of likely N-dealkylation sites (tertiary alicyclic amines) is 1. The van der Waals surface area contributed by atoms with Crippen LogP contribution in [0.25, 0.3) is 0 Å². The van der Waals surface area contributed by atoms with Crippen molar-refractivity contribution >= 4 is 15.9 Å². The molecule has 0 bridgehead atoms. The monoisotopic (exact) mass is 327 g/mol. The number of ether oxygens (including phenoxy) is 2. The van der Waals surface area contributed by atoms with Crippen molar-refractivity contribution in [3.8, 4) is 11.5 Å². The number of aliphatic hydroxyl groups excluding tert-OH is 1. The largest absolute Gasteiger partial charge is 0.486 e. The van der Waals surface area contributed by atoms with E-state index in [1.54, 1.807) is 0 Å². The van der Waals surface area contributed by atoms with Crippen molar-refractivity contribution in [3.05, 3.63) is 22.2 Å². The normalized spacial score (nSPS) is 20.5. The average molecular weight is 328 g/mol. The SMILES string of the molecule is OC1CCN(Cc2cc3c(cc2Br)OCCO3)CC1. The van der Waals surface area contributed by atoms with Crippen LogP contribution in [-0.2, 0) is 6.54 Å². The van der Waals surface area contributed by atoms with Gasteiger partial charge in [-0.3, -0.25) is 4.90 Å². The zero-order chi connectivity index (χ0) is 13.2. The summed E-state index contributed by atoms with van der Waals surface area (Å²) < 4.78 is 12.2. The number of rotatable bonds is 2. The Hall–Kier alpha value is -0.780. The summed E-state index contributed by atoms with van der Waals surface area (Å²) in [6.45, 7) is 4.00. The first-order chi connectivity index (χ1) is 9.22. The lowest BCUT2D eigenvalue weighted by atomic mass is 10.1. The minimum atomic E-state index is -0.125. The van der Waals surface area contributed by atoms with Crippen molar-refractivity contribution < 1.29 is 14.6 Å². The number of hydrogen-bond acceptors (Lipinski definition) is 4. The predicted molar refractivity (Wildman–Crippen MR) is 75.6 cm³/mol. The van der Waals surface area contributed by atoms with E-state index in [2.05, 4.69) is 26.9 Å². The van der Waals surface area contributed by atoms with Gasteiger partial charge < -0.3 is 14.6 Å². The van der Waals surface area contributed by atoms with Gasteiger partial charge in [-0.2, -0.15) is 0 Å². The highest BCUT2D eigenvalue weighted by atomic mass is 79.9. The molecule has 0 aliphatic carbocycles. The molecule has 1 N–H and O–H groups in total. The molecule has 0 unspecified atom stereocenters. The Kier molecular flexibility index (Phi) is 3.96. The highest BCUT2D eigenvalue weighted by molar-refractivity contribution is 9.10. The summed E-state index contributed by atoms with van der Waals surface area (Å²) in [6.07, 6.45) is 1.60. The van der Waals surface area contributed by atoms with Crippen LogP contribution in [0.1, 0.15) is 18.4 Å². The average Bonchev–Trinajstić information content (AvgIpc) is 2.42. The van der Waals surface area contributed by atoms with Gasteiger partial charge >= 0.3 is 0 Å². The number of aliphatic hydroxyl groups is 1. The molecule has 2 aliphatic heterocycles. The van der Waals surface area contributed by atoms with Gasteiger partial charge in [-0.15, -0.1) is 0 Å². The highest BCUT2D eigenvalue weighted by Gasteiger charge is 2.20. The number of nitrogens with zero attached hydrogens (tertiary/aromatic N) is 1. The molecule has 0 atom stereocenters. The van der Waals surface area contributed by atoms with Gasteiger partial charge in [0.15, 0.2) is 11.5 Å². The Morgan fingerprint density at radius 1 is 1.16 bits per heavy atom. The maximum atomic E-state index is 9.53. The van der Waals surface area contributed by atoms with E-state index < -0.39 is 0 Å². The fraction of sp³-hybridized carbons (Fsp3) is 0.571. The summed E-state index contributed by atoms with van der Waals surface area (Å²) in [7, 11) is 0. The number of fused-ring (bicyclic) bond motifs is 1. The summed E-state index contributed by atoms with van der Waals surface area (Å²) in [4.78, 5) is 2.36. The summed E-state index contributed by atoms with van der Waals surface area (Å²) in [5.74, 6) is 1.65. The van der Waals surface area contributed by atoms with Crippen molar-refractivity contribution in [1.29, 1.82) is 0 Å². The van der Waals surface area contributed by atoms with Crippen LogP contribution >= 0.6 is 15.9 Å². The Morgan fingerprint density at radius 3 is 2.47 bits per heavy atom. The Bertz CT molecular complexity index is 458. The molecule has 104 valence electrons. The fourth-order valence-electron chi connectivity index (χ4n) is 2.55. The first kappa shape index (κ1) is 13.2. The number of piperidine rings is 1. The molecule has 1 saturated heterocycles. The molecule has 0 saturated carbocycles. The van der Waals surface area contributed by atoms with E-state index in [-0.39, 0.29) is 6.10 Å². The van der Waals surface area contributed by atoms with E-state index in [4.69, 9.17) is 9.47 Å². The Morgan fingerprint density at radius 2 is 1.79 bits per heavy atom. The minimum absolute atomic E-state index is 0.125. The lowest BCUT2D eigenvalue weighted by Crippen LogP contribution is -2.35. The number of hydrogen-bond donors (Lipinski definition) is 1. The molecule has 0 amide bonds. The van der Waals surface area contributed by atoms with Crippen LogP contribution < -0.4 is 9.47 Å². The summed E-state index contributed by atoms with van der Waals surface area (Å²) in [5.41, 5.74) is 1.21. The zero-order valence-electron chi connectivity index (χ0n) is 10.8. The van der Waals surface area contributed by atoms with Crippen molar-refractivity contribution in [2.24, 2.45) is 0 Å². The van der Waals surface area contributed by atoms with Crippen LogP contribution in [0.15, 0.2) is 16.6 Å². The lowest BCUT2D eigenvalue weighted by Gasteiger charge is -2.30. The molecule has 0 spiro atoms. The smallest absolute Gasteiger partial charge is 0.162 e. The van der Waals surface area contributed by atoms with Crippen molar-refractivity contribution in [2.45, 2.75) is 25.5 Å². The van der Waals surface area contributed by atoms with Crippen LogP contribution in [0.4, 0.5) is 0 Å². The van der Waals surface area contributed by atoms with Gasteiger partial charge in [-0.1, -0.05) is 15.9 Å². The van der Waals surface area contributed by atoms with Gasteiger partial charge in [0.05, 0.1) is 6.10 Å². The zero-order valence-corrected chi connectivity index (χ0v) is 12.4. The molecular formula is C14H18BrNO3. The highest BCUT2D eigenvalue weighted by Crippen LogP contribution is 2.36. The molecule has 5 heteroatoms. The van der Waals surface area contributed by atoms with Crippen molar-refractivity contribution in [3.63, 3.8) is 0 Å². The van der Waals surface area contributed by atoms with E-state index in [0.29, 0.717) is 13.2 Å². The van der Waals surface area contributed by atoms with E-state index in [1.165, 1.54) is 5.56 Å². The third-order valence-electron chi connectivity index (χ3n) is 3.66. The standard InChI is InChI=1S/C14H18BrNO3/c15-12-8-14-13(18-5-6-19-14)7-10(12)9-16-3-1-11(17)2-4-16/h7-8,11,17H,1-6,9H2. The molecule has 19 heavy (non-hydrogen) atoms. The van der Waals surface area contributed by atoms with Gasteiger partial charge in [0.1, 0.15) is 13.2 Å². The molecule has 2 heterocycles. The molecule has 1 aromatic carbocycles. The lowest BCUT2D eigenvalue weighted by molar-refractivity contribution is 0.0790. The van der Waals surface area contributed by atoms with Crippen molar-refractivity contribution in [1.82, 2.24) is 4.90 Å². The molecule has 1 fully saturated rings. The second-order valence-electron chi connectivity index (χ2n) is 5.09. The topological polar surface area (TPSA) is 41.9 Å². The van der Waals surface area contributed by atoms with E-state index >= 15 is 0 Å². The first-order valence-electron chi connectivity index (χ1n) is 6.71. The second-order valence-corrected chi connectivity index (χ2v) is 5.95. The van der Waals surface area contributed by atoms with Crippen LogP contribution in [0.5, 0.6) is 11.5 Å². The summed E-state index contributed by atoms with van der Waals surface area (Å²) in [6, 6.07) is 4.05. The van der Waals surface area contributed by atoms with Gasteiger partial charge in [-0.05, 0) is 30.5 Å². The molecule has 1 aromatic rings. The van der Waals surface area contributed by atoms with E-state index in [9.17, 15) is 5.11 Å². The van der Waals surface area contributed by atoms with Crippen LogP contribution in [0.3, 0.4) is 0 Å². The third kappa shape index (κ3) is 3.04. The minimum Gasteiger partial charge on any atom is -0.486 e. The first-order valence-corrected chi connectivity index (χ1v) is 7.50. The molecule has 0 radical (unpaired) electrons. The number of benzene rings is 1. The maximum Gasteiger partial charge on any atom is 0.162 e. The quantitative estimate of drug-likeness (QED) is 0.904. The van der Waals surface area contributed by atoms with Gasteiger partial charge in [0.2, 0.25) is 0 Å². The van der Waals surface area contributed by atoms with E-state index in [0.717, 1.165) is 48.4 Å². The summed E-state index contributed by atoms with van der Waals surface area (Å²) >= 11 is 3.60. The molecule has 0 aromatic heterocycles. The Balaban J connectivity index is 1.73. The van der Waals surface area contributed by atoms with E-state index in [1.807, 2.05) is 6.07 Å². The third-order valence-corrected chi connectivity index (χ3v) is 4.40. The number of halogens is 1. The van der Waals surface area contributed by atoms with Crippen LogP contribution in [0.2, 0.25) is 0 Å². The van der Waals surface area contributed by atoms with Crippen LogP contribution in [0, 0.1) is 0 Å². The molecule has 3 rings (SSSR count). The van der Waals surface area contributed by atoms with Crippen LogP contribution in [-0.4, -0.2) is 42.4 Å². The summed E-state index contributed by atoms with van der Waals surface area (Å²) in [5, 5.41) is 9.53. The predicted octanol–water partition coefficient (Wildman–Crippen LogP) is 2.18. The van der Waals surface area contributed by atoms with Gasteiger partial charge in [0, 0.05) is 24.1 Å². The molecule has 2 aliphatic rings. The second kappa shape index (κ2) is 5.69. The van der Waals surface area contributed by atoms with Gasteiger partial charge in [-0.25, -0.2) is 0 Å². The molecule has 4 nitrogen and oxygen atoms in total. The Labute approximate surface area is 121 Å². The molecular weight excluding hydrogens is 310 g/mol. The van der Waals surface area contributed by atoms with Gasteiger partial charge in [0.25, 0.3) is 0 Å². The van der Waals surface area contributed by atoms with Crippen molar-refractivity contribution in [2.75, 3.05) is 26.3 Å². The maximum absolute atomic E-state index is 9.53. The fourth-order valence-corrected chi connectivity index (χ4v) is 2.99.